The quantitative estimate of drug-likeness (QED) is 0.647. The lowest BCUT2D eigenvalue weighted by Crippen LogP contribution is -2.43. The molecule has 1 aromatic carbocycles. The third-order valence-electron chi connectivity index (χ3n) is 5.38. The fourth-order valence-corrected chi connectivity index (χ4v) is 4.88. The van der Waals surface area contributed by atoms with E-state index in [9.17, 15) is 22.8 Å². The van der Waals surface area contributed by atoms with Crippen LogP contribution >= 0.6 is 0 Å². The molecule has 0 spiro atoms. The Kier molecular flexibility index (Phi) is 5.83. The number of ether oxygens (including phenoxy) is 1. The third-order valence-corrected chi connectivity index (χ3v) is 6.98. The molecule has 1 amide bonds. The molecule has 9 nitrogen and oxygen atoms in total. The first-order chi connectivity index (χ1) is 13.7. The number of sulfone groups is 1. The number of piperidine rings is 1. The normalized spacial score (nSPS) is 15.6. The topological polar surface area (TPSA) is 108 Å². The van der Waals surface area contributed by atoms with Gasteiger partial charge in [-0.15, -0.1) is 0 Å². The summed E-state index contributed by atoms with van der Waals surface area (Å²) in [6.07, 6.45) is 0.922. The largest absolute Gasteiger partial charge is 0.466 e. The fraction of sp³-hybridized carbons (Fsp3) is 0.526. The van der Waals surface area contributed by atoms with Crippen molar-refractivity contribution >= 4 is 32.7 Å². The summed E-state index contributed by atoms with van der Waals surface area (Å²) < 4.78 is 33.4. The summed E-state index contributed by atoms with van der Waals surface area (Å²) >= 11 is 0. The van der Waals surface area contributed by atoms with Gasteiger partial charge in [0.2, 0.25) is 5.91 Å². The van der Waals surface area contributed by atoms with Crippen molar-refractivity contribution in [1.82, 2.24) is 14.0 Å². The summed E-state index contributed by atoms with van der Waals surface area (Å²) in [6, 6.07) is 4.41. The molecular weight excluding hydrogens is 398 g/mol. The molecule has 0 radical (unpaired) electrons. The maximum Gasteiger partial charge on any atom is 0.328 e. The number of aromatic nitrogens is 2. The molecule has 1 fully saturated rings. The Morgan fingerprint density at radius 2 is 1.72 bits per heavy atom. The highest BCUT2D eigenvalue weighted by molar-refractivity contribution is 7.92. The number of carbonyl (C=O) groups excluding carboxylic acids is 2. The molecule has 3 rings (SSSR count). The smallest absolute Gasteiger partial charge is 0.328 e. The van der Waals surface area contributed by atoms with E-state index in [-0.39, 0.29) is 22.5 Å². The number of amides is 1. The zero-order chi connectivity index (χ0) is 21.3. The van der Waals surface area contributed by atoms with Crippen LogP contribution in [0.4, 0.5) is 0 Å². The standard InChI is InChI=1S/C19H25N3O6S/c1-4-28-18(24)13-7-9-22(10-8-13)17(23)12-29(26,27)14-5-6-15-16(11-14)21(3)19(25)20(15)2/h5-6,11,13H,4,7-10,12H2,1-3H3. The van der Waals surface area contributed by atoms with Crippen LogP contribution < -0.4 is 5.69 Å². The maximum absolute atomic E-state index is 12.8. The van der Waals surface area contributed by atoms with E-state index in [1.54, 1.807) is 27.1 Å². The molecule has 0 atom stereocenters. The van der Waals surface area contributed by atoms with Crippen molar-refractivity contribution in [3.8, 4) is 0 Å². The van der Waals surface area contributed by atoms with E-state index in [1.807, 2.05) is 0 Å². The summed E-state index contributed by atoms with van der Waals surface area (Å²) in [6.45, 7) is 2.70. The highest BCUT2D eigenvalue weighted by atomic mass is 32.2. The third kappa shape index (κ3) is 4.07. The number of carbonyl (C=O) groups is 2. The molecule has 2 heterocycles. The molecule has 0 unspecified atom stereocenters. The Hall–Kier alpha value is -2.62. The zero-order valence-corrected chi connectivity index (χ0v) is 17.6. The Balaban J connectivity index is 1.72. The van der Waals surface area contributed by atoms with Crippen LogP contribution in [0.25, 0.3) is 11.0 Å². The summed E-state index contributed by atoms with van der Waals surface area (Å²) in [7, 11) is -0.684. The van der Waals surface area contributed by atoms with Crippen LogP contribution in [-0.4, -0.2) is 59.8 Å². The molecule has 1 aromatic heterocycles. The predicted molar refractivity (Wildman–Crippen MR) is 106 cm³/mol. The van der Waals surface area contributed by atoms with E-state index < -0.39 is 21.5 Å². The van der Waals surface area contributed by atoms with Gasteiger partial charge in [0, 0.05) is 27.2 Å². The van der Waals surface area contributed by atoms with Gasteiger partial charge in [0.05, 0.1) is 28.5 Å². The molecule has 0 bridgehead atoms. The summed E-state index contributed by atoms with van der Waals surface area (Å²) in [5.74, 6) is -1.66. The molecule has 1 aliphatic rings. The molecule has 29 heavy (non-hydrogen) atoms. The van der Waals surface area contributed by atoms with Gasteiger partial charge < -0.3 is 9.64 Å². The lowest BCUT2D eigenvalue weighted by atomic mass is 9.97. The van der Waals surface area contributed by atoms with Gasteiger partial charge >= 0.3 is 11.7 Å². The summed E-state index contributed by atoms with van der Waals surface area (Å²) in [4.78, 5) is 37.9. The van der Waals surface area contributed by atoms with Crippen LogP contribution in [0.2, 0.25) is 0 Å². The van der Waals surface area contributed by atoms with Crippen molar-refractivity contribution in [1.29, 1.82) is 0 Å². The molecule has 1 aliphatic heterocycles. The van der Waals surface area contributed by atoms with Crippen molar-refractivity contribution < 1.29 is 22.7 Å². The highest BCUT2D eigenvalue weighted by Crippen LogP contribution is 2.22. The van der Waals surface area contributed by atoms with Crippen molar-refractivity contribution in [2.24, 2.45) is 20.0 Å². The SMILES string of the molecule is CCOC(=O)C1CCN(C(=O)CS(=O)(=O)c2ccc3c(c2)n(C)c(=O)n3C)CC1. The van der Waals surface area contributed by atoms with Gasteiger partial charge in [-0.2, -0.15) is 0 Å². The molecular formula is C19H25N3O6S. The van der Waals surface area contributed by atoms with Crippen LogP contribution in [0.1, 0.15) is 19.8 Å². The number of nitrogens with zero attached hydrogens (tertiary/aromatic N) is 3. The minimum Gasteiger partial charge on any atom is -0.466 e. The number of likely N-dealkylation sites (tertiary alicyclic amines) is 1. The Morgan fingerprint density at radius 1 is 1.10 bits per heavy atom. The van der Waals surface area contributed by atoms with Crippen LogP contribution in [0.3, 0.4) is 0 Å². The van der Waals surface area contributed by atoms with Crippen molar-refractivity contribution in [3.05, 3.63) is 28.7 Å². The molecule has 1 saturated heterocycles. The number of rotatable bonds is 5. The Bertz CT molecular complexity index is 1110. The van der Waals surface area contributed by atoms with E-state index in [4.69, 9.17) is 4.74 Å². The van der Waals surface area contributed by atoms with Gasteiger partial charge in [-0.25, -0.2) is 13.2 Å². The van der Waals surface area contributed by atoms with Crippen molar-refractivity contribution in [2.45, 2.75) is 24.7 Å². The van der Waals surface area contributed by atoms with Gasteiger partial charge in [-0.3, -0.25) is 18.7 Å². The number of fused-ring (bicyclic) bond motifs is 1. The lowest BCUT2D eigenvalue weighted by molar-refractivity contribution is -0.151. The number of benzene rings is 1. The zero-order valence-electron chi connectivity index (χ0n) is 16.8. The molecule has 0 saturated carbocycles. The first-order valence-electron chi connectivity index (χ1n) is 9.48. The average Bonchev–Trinajstić information content (AvgIpc) is 2.92. The second kappa shape index (κ2) is 8.02. The Labute approximate surface area is 168 Å². The van der Waals surface area contributed by atoms with E-state index in [2.05, 4.69) is 0 Å². The van der Waals surface area contributed by atoms with Gasteiger partial charge in [-0.05, 0) is 38.0 Å². The fourth-order valence-electron chi connectivity index (χ4n) is 3.64. The summed E-state index contributed by atoms with van der Waals surface area (Å²) in [5, 5.41) is 0. The van der Waals surface area contributed by atoms with Gasteiger partial charge in [-0.1, -0.05) is 0 Å². The predicted octanol–water partition coefficient (Wildman–Crippen LogP) is 0.452. The number of hydrogen-bond donors (Lipinski definition) is 0. The van der Waals surface area contributed by atoms with E-state index >= 15 is 0 Å². The van der Waals surface area contributed by atoms with E-state index in [0.29, 0.717) is 43.6 Å². The minimum absolute atomic E-state index is 0.000888. The van der Waals surface area contributed by atoms with E-state index in [1.165, 1.54) is 26.2 Å². The minimum atomic E-state index is -3.87. The number of imidazole rings is 1. The van der Waals surface area contributed by atoms with Crippen LogP contribution in [-0.2, 0) is 38.3 Å². The molecule has 0 N–H and O–H groups in total. The molecule has 10 heteroatoms. The van der Waals surface area contributed by atoms with Gasteiger partial charge in [0.15, 0.2) is 9.84 Å². The van der Waals surface area contributed by atoms with Crippen LogP contribution in [0.15, 0.2) is 27.9 Å². The first kappa shape index (κ1) is 21.1. The average molecular weight is 423 g/mol. The van der Waals surface area contributed by atoms with Crippen LogP contribution in [0.5, 0.6) is 0 Å². The number of aryl methyl sites for hydroxylation is 2. The monoisotopic (exact) mass is 423 g/mol. The molecule has 2 aromatic rings. The van der Waals surface area contributed by atoms with Crippen molar-refractivity contribution in [3.63, 3.8) is 0 Å². The molecule has 0 aliphatic carbocycles. The van der Waals surface area contributed by atoms with Gasteiger partial charge in [0.25, 0.3) is 0 Å². The Morgan fingerprint density at radius 3 is 2.34 bits per heavy atom. The first-order valence-corrected chi connectivity index (χ1v) is 11.1. The van der Waals surface area contributed by atoms with E-state index in [0.717, 1.165) is 0 Å². The summed E-state index contributed by atoms with van der Waals surface area (Å²) in [5.41, 5.74) is 0.847. The number of esters is 1. The maximum atomic E-state index is 12.8. The number of hydrogen-bond acceptors (Lipinski definition) is 6. The lowest BCUT2D eigenvalue weighted by Gasteiger charge is -2.30. The van der Waals surface area contributed by atoms with Crippen LogP contribution in [0, 0.1) is 5.92 Å². The highest BCUT2D eigenvalue weighted by Gasteiger charge is 2.30. The van der Waals surface area contributed by atoms with Crippen molar-refractivity contribution in [2.75, 3.05) is 25.4 Å². The molecule has 158 valence electrons. The van der Waals surface area contributed by atoms with Gasteiger partial charge in [0.1, 0.15) is 5.75 Å². The second-order valence-electron chi connectivity index (χ2n) is 7.22. The second-order valence-corrected chi connectivity index (χ2v) is 9.21.